The van der Waals surface area contributed by atoms with Gasteiger partial charge in [-0.1, -0.05) is 6.42 Å². The lowest BCUT2D eigenvalue weighted by molar-refractivity contribution is 0.304. The van der Waals surface area contributed by atoms with Gasteiger partial charge in [0.15, 0.2) is 5.82 Å². The molecule has 14 heavy (non-hydrogen) atoms. The minimum atomic E-state index is 0.357. The molecule has 0 radical (unpaired) electrons. The maximum Gasteiger partial charge on any atom is 0.166 e. The molecule has 1 heterocycles. The van der Waals surface area contributed by atoms with Crippen molar-refractivity contribution < 1.29 is 0 Å². The Labute approximate surface area is 92.4 Å². The summed E-state index contributed by atoms with van der Waals surface area (Å²) in [5.74, 6) is 1.16. The largest absolute Gasteiger partial charge is 0.227 e. The smallest absolute Gasteiger partial charge is 0.166 e. The van der Waals surface area contributed by atoms with Crippen LogP contribution in [0.25, 0.3) is 0 Å². The number of hydrogen-bond donors (Lipinski definition) is 0. The molecule has 0 aliphatic heterocycles. The first-order valence-electron chi connectivity index (χ1n) is 4.66. The lowest BCUT2D eigenvalue weighted by Gasteiger charge is -2.40. The van der Waals surface area contributed by atoms with Crippen LogP contribution in [0.3, 0.4) is 0 Å². The predicted molar refractivity (Wildman–Crippen MR) is 57.5 cm³/mol. The average molecular weight is 233 g/mol. The Morgan fingerprint density at radius 2 is 2.36 bits per heavy atom. The van der Waals surface area contributed by atoms with E-state index in [-0.39, 0.29) is 0 Å². The fourth-order valence-corrected chi connectivity index (χ4v) is 2.85. The zero-order valence-corrected chi connectivity index (χ0v) is 9.68. The second-order valence-corrected chi connectivity index (χ2v) is 5.17. The van der Waals surface area contributed by atoms with E-state index in [0.29, 0.717) is 10.6 Å². The maximum atomic E-state index is 5.74. The molecule has 4 nitrogen and oxygen atoms in total. The summed E-state index contributed by atoms with van der Waals surface area (Å²) in [5, 5.41) is 11.5. The quantitative estimate of drug-likeness (QED) is 0.742. The molecule has 0 saturated heterocycles. The van der Waals surface area contributed by atoms with E-state index in [2.05, 4.69) is 21.8 Å². The summed E-state index contributed by atoms with van der Waals surface area (Å²) in [6, 6.07) is 0. The van der Waals surface area contributed by atoms with Crippen molar-refractivity contribution in [3.05, 3.63) is 5.82 Å². The van der Waals surface area contributed by atoms with Crippen LogP contribution in [0.4, 0.5) is 0 Å². The molecule has 1 aromatic heterocycles. The SMILES string of the molecule is CSC1(Cn2nnnc2CCl)CCC1. The van der Waals surface area contributed by atoms with Gasteiger partial charge in [-0.2, -0.15) is 11.8 Å². The highest BCUT2D eigenvalue weighted by molar-refractivity contribution is 8.00. The van der Waals surface area contributed by atoms with Gasteiger partial charge >= 0.3 is 0 Å². The van der Waals surface area contributed by atoms with Crippen molar-refractivity contribution in [2.45, 2.75) is 36.4 Å². The number of tetrazole rings is 1. The van der Waals surface area contributed by atoms with Crippen molar-refractivity contribution in [1.82, 2.24) is 20.2 Å². The average Bonchev–Trinajstić information content (AvgIpc) is 2.58. The van der Waals surface area contributed by atoms with E-state index in [1.165, 1.54) is 19.3 Å². The molecule has 6 heteroatoms. The number of nitrogens with zero attached hydrogens (tertiary/aromatic N) is 4. The number of alkyl halides is 1. The van der Waals surface area contributed by atoms with E-state index < -0.39 is 0 Å². The lowest BCUT2D eigenvalue weighted by atomic mass is 9.84. The molecule has 2 rings (SSSR count). The topological polar surface area (TPSA) is 43.6 Å². The first-order valence-corrected chi connectivity index (χ1v) is 6.42. The van der Waals surface area contributed by atoms with E-state index >= 15 is 0 Å². The summed E-state index contributed by atoms with van der Waals surface area (Å²) < 4.78 is 2.19. The molecule has 1 saturated carbocycles. The van der Waals surface area contributed by atoms with Gasteiger partial charge in [0.25, 0.3) is 0 Å². The molecular weight excluding hydrogens is 220 g/mol. The summed E-state index contributed by atoms with van der Waals surface area (Å²) in [6.45, 7) is 0.892. The fraction of sp³-hybridized carbons (Fsp3) is 0.875. The molecule has 78 valence electrons. The lowest BCUT2D eigenvalue weighted by Crippen LogP contribution is -2.38. The summed E-state index contributed by atoms with van der Waals surface area (Å²) in [4.78, 5) is 0. The van der Waals surface area contributed by atoms with E-state index in [9.17, 15) is 0 Å². The van der Waals surface area contributed by atoms with Crippen molar-refractivity contribution in [2.75, 3.05) is 6.26 Å². The van der Waals surface area contributed by atoms with Crippen LogP contribution in [0.2, 0.25) is 0 Å². The molecule has 0 N–H and O–H groups in total. The standard InChI is InChI=1S/C8H13ClN4S/c1-14-8(3-2-4-8)6-13-7(5-9)10-11-12-13/h2-6H2,1H3. The Bertz CT molecular complexity index is 305. The number of thioether (sulfide) groups is 1. The highest BCUT2D eigenvalue weighted by atomic mass is 35.5. The molecular formula is C8H13ClN4S. The van der Waals surface area contributed by atoms with Gasteiger partial charge < -0.3 is 0 Å². The number of aromatic nitrogens is 4. The zero-order valence-electron chi connectivity index (χ0n) is 8.11. The second kappa shape index (κ2) is 4.06. The molecule has 1 aliphatic rings. The van der Waals surface area contributed by atoms with Crippen molar-refractivity contribution in [2.24, 2.45) is 0 Å². The highest BCUT2D eigenvalue weighted by Crippen LogP contribution is 2.43. The van der Waals surface area contributed by atoms with E-state index in [1.807, 2.05) is 16.4 Å². The van der Waals surface area contributed by atoms with Crippen molar-refractivity contribution >= 4 is 23.4 Å². The van der Waals surface area contributed by atoms with Gasteiger partial charge in [-0.25, -0.2) is 4.68 Å². The van der Waals surface area contributed by atoms with Crippen LogP contribution in [0.1, 0.15) is 25.1 Å². The van der Waals surface area contributed by atoms with Gasteiger partial charge in [-0.15, -0.1) is 16.7 Å². The summed E-state index contributed by atoms with van der Waals surface area (Å²) in [5.41, 5.74) is 0. The van der Waals surface area contributed by atoms with Crippen molar-refractivity contribution in [3.63, 3.8) is 0 Å². The molecule has 1 aromatic rings. The van der Waals surface area contributed by atoms with Gasteiger partial charge in [0.1, 0.15) is 0 Å². The van der Waals surface area contributed by atoms with Crippen molar-refractivity contribution in [1.29, 1.82) is 0 Å². The first kappa shape index (κ1) is 10.2. The van der Waals surface area contributed by atoms with Gasteiger partial charge in [-0.3, -0.25) is 0 Å². The zero-order chi connectivity index (χ0) is 10.0. The second-order valence-electron chi connectivity index (χ2n) is 3.63. The maximum absolute atomic E-state index is 5.74. The van der Waals surface area contributed by atoms with Crippen LogP contribution >= 0.6 is 23.4 Å². The Kier molecular flexibility index (Phi) is 2.97. The van der Waals surface area contributed by atoms with Gasteiger partial charge in [-0.05, 0) is 29.5 Å². The predicted octanol–water partition coefficient (Wildman–Crippen LogP) is 1.70. The summed E-state index contributed by atoms with van der Waals surface area (Å²) in [7, 11) is 0. The molecule has 0 bridgehead atoms. The third-order valence-electron chi connectivity index (χ3n) is 2.86. The molecule has 1 aliphatic carbocycles. The van der Waals surface area contributed by atoms with E-state index in [1.54, 1.807) is 0 Å². The first-order chi connectivity index (χ1) is 6.79. The molecule has 0 atom stereocenters. The van der Waals surface area contributed by atoms with E-state index in [4.69, 9.17) is 11.6 Å². The number of rotatable bonds is 4. The normalized spacial score (nSPS) is 19.3. The third-order valence-corrected chi connectivity index (χ3v) is 4.50. The molecule has 1 fully saturated rings. The number of halogens is 1. The van der Waals surface area contributed by atoms with E-state index in [0.717, 1.165) is 12.4 Å². The van der Waals surface area contributed by atoms with Crippen LogP contribution in [-0.2, 0) is 12.4 Å². The molecule has 0 spiro atoms. The fourth-order valence-electron chi connectivity index (χ4n) is 1.71. The van der Waals surface area contributed by atoms with Crippen LogP contribution in [0.15, 0.2) is 0 Å². The Morgan fingerprint density at radius 1 is 1.57 bits per heavy atom. The Balaban J connectivity index is 2.09. The molecule has 0 amide bonds. The van der Waals surface area contributed by atoms with Crippen LogP contribution in [0, 0.1) is 0 Å². The molecule has 0 aromatic carbocycles. The highest BCUT2D eigenvalue weighted by Gasteiger charge is 2.37. The van der Waals surface area contributed by atoms with Gasteiger partial charge in [0, 0.05) is 4.75 Å². The minimum absolute atomic E-state index is 0.357. The van der Waals surface area contributed by atoms with Gasteiger partial charge in [0.2, 0.25) is 0 Å². The third kappa shape index (κ3) is 1.75. The Morgan fingerprint density at radius 3 is 2.86 bits per heavy atom. The van der Waals surface area contributed by atoms with Gasteiger partial charge in [0.05, 0.1) is 12.4 Å². The molecule has 0 unspecified atom stereocenters. The van der Waals surface area contributed by atoms with Crippen LogP contribution in [-0.4, -0.2) is 31.2 Å². The monoisotopic (exact) mass is 232 g/mol. The minimum Gasteiger partial charge on any atom is -0.227 e. The Hall–Kier alpha value is -0.290. The van der Waals surface area contributed by atoms with Crippen LogP contribution in [0.5, 0.6) is 0 Å². The van der Waals surface area contributed by atoms with Crippen molar-refractivity contribution in [3.8, 4) is 0 Å². The number of hydrogen-bond acceptors (Lipinski definition) is 4. The summed E-state index contributed by atoms with van der Waals surface area (Å²) >= 11 is 7.65. The van der Waals surface area contributed by atoms with Crippen LogP contribution < -0.4 is 0 Å². The summed E-state index contributed by atoms with van der Waals surface area (Å²) in [6.07, 6.45) is 5.99.